The van der Waals surface area contributed by atoms with Gasteiger partial charge in [-0.15, -0.1) is 11.3 Å². The number of imidazole rings is 1. The number of aryl methyl sites for hydroxylation is 1. The molecule has 1 N–H and O–H groups in total. The molecule has 0 atom stereocenters. The molecule has 5 heteroatoms. The highest BCUT2D eigenvalue weighted by Crippen LogP contribution is 2.22. The second kappa shape index (κ2) is 6.08. The smallest absolute Gasteiger partial charge is 0.106 e. The average molecular weight is 350 g/mol. The second-order valence-corrected chi connectivity index (χ2v) is 6.52. The van der Waals surface area contributed by atoms with Crippen molar-refractivity contribution >= 4 is 38.3 Å². The van der Waals surface area contributed by atoms with Crippen molar-refractivity contribution in [3.05, 3.63) is 50.9 Å². The van der Waals surface area contributed by atoms with Crippen LogP contribution in [0.3, 0.4) is 0 Å². The molecule has 0 aliphatic carbocycles. The minimum Gasteiger partial charge on any atom is -0.327 e. The van der Waals surface area contributed by atoms with E-state index in [1.54, 1.807) is 11.3 Å². The molecule has 3 nitrogen and oxygen atoms in total. The van der Waals surface area contributed by atoms with E-state index in [-0.39, 0.29) is 0 Å². The van der Waals surface area contributed by atoms with Crippen LogP contribution in [0.4, 0.5) is 0 Å². The van der Waals surface area contributed by atoms with Gasteiger partial charge in [0.25, 0.3) is 0 Å². The summed E-state index contributed by atoms with van der Waals surface area (Å²) in [5.74, 6) is 1.07. The lowest BCUT2D eigenvalue weighted by atomic mass is 10.3. The number of rotatable bonds is 5. The highest BCUT2D eigenvalue weighted by molar-refractivity contribution is 9.10. The maximum absolute atomic E-state index is 4.59. The van der Waals surface area contributed by atoms with Crippen LogP contribution in [-0.4, -0.2) is 16.1 Å². The lowest BCUT2D eigenvalue weighted by Crippen LogP contribution is -2.19. The van der Waals surface area contributed by atoms with Crippen molar-refractivity contribution in [2.24, 2.45) is 0 Å². The number of aromatic nitrogens is 2. The first-order valence-electron chi connectivity index (χ1n) is 6.60. The van der Waals surface area contributed by atoms with Crippen molar-refractivity contribution in [3.63, 3.8) is 0 Å². The first-order valence-corrected chi connectivity index (χ1v) is 8.27. The normalized spacial score (nSPS) is 11.3. The molecular weight excluding hydrogens is 334 g/mol. The summed E-state index contributed by atoms with van der Waals surface area (Å²) in [6.45, 7) is 4.85. The Bertz CT molecular complexity index is 717. The highest BCUT2D eigenvalue weighted by Gasteiger charge is 2.06. The third-order valence-corrected chi connectivity index (χ3v) is 5.26. The van der Waals surface area contributed by atoms with Crippen molar-refractivity contribution in [2.75, 3.05) is 6.54 Å². The molecule has 0 aliphatic heterocycles. The second-order valence-electron chi connectivity index (χ2n) is 4.67. The van der Waals surface area contributed by atoms with Crippen LogP contribution < -0.4 is 5.32 Å². The highest BCUT2D eigenvalue weighted by atomic mass is 79.9. The van der Waals surface area contributed by atoms with Gasteiger partial charge in [-0.05, 0) is 46.4 Å². The number of fused-ring (bicyclic) bond motifs is 1. The Kier molecular flexibility index (Phi) is 4.19. The van der Waals surface area contributed by atoms with Crippen LogP contribution >= 0.6 is 27.3 Å². The molecule has 0 aliphatic rings. The molecule has 0 unspecified atom stereocenters. The van der Waals surface area contributed by atoms with Crippen molar-refractivity contribution in [1.82, 2.24) is 14.9 Å². The molecule has 0 fully saturated rings. The molecule has 3 aromatic rings. The molecule has 104 valence electrons. The number of hydrogen-bond acceptors (Lipinski definition) is 3. The average Bonchev–Trinajstić information content (AvgIpc) is 2.98. The monoisotopic (exact) mass is 349 g/mol. The fourth-order valence-electron chi connectivity index (χ4n) is 2.32. The first-order chi connectivity index (χ1) is 9.75. The van der Waals surface area contributed by atoms with Gasteiger partial charge in [-0.1, -0.05) is 12.1 Å². The van der Waals surface area contributed by atoms with E-state index >= 15 is 0 Å². The molecule has 2 heterocycles. The van der Waals surface area contributed by atoms with Crippen molar-refractivity contribution < 1.29 is 0 Å². The molecular formula is C15H16BrN3S. The van der Waals surface area contributed by atoms with E-state index in [0.29, 0.717) is 0 Å². The van der Waals surface area contributed by atoms with Gasteiger partial charge < -0.3 is 9.88 Å². The zero-order chi connectivity index (χ0) is 13.9. The third kappa shape index (κ3) is 2.80. The topological polar surface area (TPSA) is 29.9 Å². The maximum Gasteiger partial charge on any atom is 0.106 e. The summed E-state index contributed by atoms with van der Waals surface area (Å²) in [6.07, 6.45) is 0. The van der Waals surface area contributed by atoms with Crippen LogP contribution in [0, 0.1) is 6.92 Å². The summed E-state index contributed by atoms with van der Waals surface area (Å²) >= 11 is 5.33. The first kappa shape index (κ1) is 13.8. The number of nitrogens with one attached hydrogen (secondary N) is 1. The summed E-state index contributed by atoms with van der Waals surface area (Å²) in [6, 6.07) is 10.4. The minimum absolute atomic E-state index is 0.907. The summed E-state index contributed by atoms with van der Waals surface area (Å²) in [4.78, 5) is 5.93. The van der Waals surface area contributed by atoms with Crippen LogP contribution in [0.15, 0.2) is 40.2 Å². The molecule has 3 rings (SSSR count). The summed E-state index contributed by atoms with van der Waals surface area (Å²) in [7, 11) is 0. The Hall–Kier alpha value is -1.17. The van der Waals surface area contributed by atoms with E-state index in [1.807, 2.05) is 6.07 Å². The number of benzene rings is 1. The van der Waals surface area contributed by atoms with E-state index in [9.17, 15) is 0 Å². The minimum atomic E-state index is 0.907. The molecule has 2 aromatic heterocycles. The van der Waals surface area contributed by atoms with Gasteiger partial charge in [0.1, 0.15) is 5.82 Å². The SMILES string of the molecule is Cc1nc2ccccc2n1CCNCc1sccc1Br. The molecule has 0 saturated carbocycles. The van der Waals surface area contributed by atoms with Gasteiger partial charge >= 0.3 is 0 Å². The maximum atomic E-state index is 4.59. The van der Waals surface area contributed by atoms with Crippen LogP contribution in [0.25, 0.3) is 11.0 Å². The number of hydrogen-bond donors (Lipinski definition) is 1. The lowest BCUT2D eigenvalue weighted by Gasteiger charge is -2.08. The molecule has 0 saturated heterocycles. The van der Waals surface area contributed by atoms with Crippen LogP contribution in [-0.2, 0) is 13.1 Å². The van der Waals surface area contributed by atoms with Gasteiger partial charge in [0, 0.05) is 29.0 Å². The number of para-hydroxylation sites is 2. The fourth-order valence-corrected chi connectivity index (χ4v) is 3.78. The van der Waals surface area contributed by atoms with E-state index in [1.165, 1.54) is 14.9 Å². The van der Waals surface area contributed by atoms with Crippen molar-refractivity contribution in [1.29, 1.82) is 0 Å². The van der Waals surface area contributed by atoms with Crippen LogP contribution in [0.5, 0.6) is 0 Å². The quantitative estimate of drug-likeness (QED) is 0.706. The van der Waals surface area contributed by atoms with Crippen molar-refractivity contribution in [2.45, 2.75) is 20.0 Å². The standard InChI is InChI=1S/C15H16BrN3S/c1-11-18-13-4-2-3-5-14(13)19(11)8-7-17-10-15-12(16)6-9-20-15/h2-6,9,17H,7-8,10H2,1H3. The van der Waals surface area contributed by atoms with E-state index < -0.39 is 0 Å². The fraction of sp³-hybridized carbons (Fsp3) is 0.267. The zero-order valence-electron chi connectivity index (χ0n) is 11.3. The van der Waals surface area contributed by atoms with Crippen molar-refractivity contribution in [3.8, 4) is 0 Å². The predicted molar refractivity (Wildman–Crippen MR) is 88.2 cm³/mol. The van der Waals surface area contributed by atoms with Crippen LogP contribution in [0.1, 0.15) is 10.7 Å². The molecule has 0 amide bonds. The van der Waals surface area contributed by atoms with Gasteiger partial charge in [0.15, 0.2) is 0 Å². The molecule has 0 radical (unpaired) electrons. The Morgan fingerprint density at radius 3 is 2.95 bits per heavy atom. The number of halogens is 1. The van der Waals surface area contributed by atoms with Gasteiger partial charge in [0.2, 0.25) is 0 Å². The third-order valence-electron chi connectivity index (χ3n) is 3.33. The Balaban J connectivity index is 1.63. The predicted octanol–water partition coefficient (Wildman–Crippen LogP) is 3.96. The largest absolute Gasteiger partial charge is 0.327 e. The van der Waals surface area contributed by atoms with Gasteiger partial charge in [0.05, 0.1) is 11.0 Å². The molecule has 0 bridgehead atoms. The summed E-state index contributed by atoms with van der Waals surface area (Å²) in [5, 5.41) is 5.60. The number of thiophene rings is 1. The van der Waals surface area contributed by atoms with E-state index in [4.69, 9.17) is 0 Å². The number of nitrogens with zero attached hydrogens (tertiary/aromatic N) is 2. The van der Waals surface area contributed by atoms with E-state index in [2.05, 4.69) is 67.4 Å². The summed E-state index contributed by atoms with van der Waals surface area (Å²) in [5.41, 5.74) is 2.29. The Morgan fingerprint density at radius 1 is 1.30 bits per heavy atom. The van der Waals surface area contributed by atoms with Gasteiger partial charge in [-0.3, -0.25) is 0 Å². The molecule has 1 aromatic carbocycles. The van der Waals surface area contributed by atoms with Gasteiger partial charge in [-0.2, -0.15) is 0 Å². The van der Waals surface area contributed by atoms with Gasteiger partial charge in [-0.25, -0.2) is 4.98 Å². The van der Waals surface area contributed by atoms with Crippen LogP contribution in [0.2, 0.25) is 0 Å². The van der Waals surface area contributed by atoms with E-state index in [0.717, 1.165) is 31.0 Å². The Labute approximate surface area is 130 Å². The molecule has 0 spiro atoms. The summed E-state index contributed by atoms with van der Waals surface area (Å²) < 4.78 is 3.46. The Morgan fingerprint density at radius 2 is 2.15 bits per heavy atom. The lowest BCUT2D eigenvalue weighted by molar-refractivity contribution is 0.600. The zero-order valence-corrected chi connectivity index (χ0v) is 13.7. The molecule has 20 heavy (non-hydrogen) atoms.